The molecule has 4 bridgehead atoms. The molecule has 1 saturated carbocycles. The van der Waals surface area contributed by atoms with Gasteiger partial charge in [-0.3, -0.25) is 0 Å². The highest BCUT2D eigenvalue weighted by Gasteiger charge is 2.79. The van der Waals surface area contributed by atoms with Gasteiger partial charge in [0.25, 0.3) is 0 Å². The van der Waals surface area contributed by atoms with E-state index in [0.29, 0.717) is 6.04 Å². The molecule has 2 heterocycles. The van der Waals surface area contributed by atoms with E-state index in [1.54, 1.807) is 14.2 Å². The van der Waals surface area contributed by atoms with Gasteiger partial charge in [-0.2, -0.15) is 0 Å². The zero-order valence-electron chi connectivity index (χ0n) is 19.5. The lowest BCUT2D eigenvalue weighted by Gasteiger charge is -2.71. The van der Waals surface area contributed by atoms with Crippen LogP contribution in [0.25, 0.3) is 0 Å². The monoisotopic (exact) mass is 445 g/mol. The SMILES string of the molecule is COc1ccc2c3c1O[C@H]1[C@@]4(OC)C=C[C@@]5(C[C@@H]4[C@@H](O)c4ccccc4)[C@@H](C2)N(C)CC[C@]315. The van der Waals surface area contributed by atoms with Crippen LogP contribution < -0.4 is 9.47 Å². The van der Waals surface area contributed by atoms with E-state index in [0.717, 1.165) is 42.9 Å². The van der Waals surface area contributed by atoms with E-state index in [4.69, 9.17) is 14.2 Å². The minimum atomic E-state index is -0.712. The third-order valence-electron chi connectivity index (χ3n) is 9.85. The predicted octanol–water partition coefficient (Wildman–Crippen LogP) is 3.65. The van der Waals surface area contributed by atoms with Gasteiger partial charge in [0.15, 0.2) is 11.5 Å². The molecule has 0 amide bonds. The van der Waals surface area contributed by atoms with E-state index >= 15 is 0 Å². The van der Waals surface area contributed by atoms with Crippen LogP contribution in [-0.2, 0) is 16.6 Å². The first kappa shape index (κ1) is 20.1. The number of methoxy groups -OCH3 is 2. The van der Waals surface area contributed by atoms with E-state index in [2.05, 4.69) is 36.2 Å². The lowest BCUT2D eigenvalue weighted by Crippen LogP contribution is -2.79. The Kier molecular flexibility index (Phi) is 3.90. The number of rotatable bonds is 4. The number of likely N-dealkylation sites (tertiary alicyclic amines) is 1. The Labute approximate surface area is 195 Å². The minimum absolute atomic E-state index is 0.108. The van der Waals surface area contributed by atoms with Gasteiger partial charge in [-0.15, -0.1) is 0 Å². The number of aliphatic hydroxyl groups excluding tert-OH is 1. The van der Waals surface area contributed by atoms with Crippen LogP contribution in [0.1, 0.15) is 35.6 Å². The normalized spacial score (nSPS) is 40.3. The highest BCUT2D eigenvalue weighted by atomic mass is 16.6. The van der Waals surface area contributed by atoms with Crippen molar-refractivity contribution in [2.75, 3.05) is 27.8 Å². The summed E-state index contributed by atoms with van der Waals surface area (Å²) in [6.07, 6.45) is 6.73. The fourth-order valence-corrected chi connectivity index (χ4v) is 8.50. The molecule has 1 saturated heterocycles. The van der Waals surface area contributed by atoms with Crippen molar-refractivity contribution in [2.45, 2.75) is 48.5 Å². The molecule has 2 aromatic carbocycles. The number of piperidine rings is 1. The van der Waals surface area contributed by atoms with Crippen LogP contribution in [0, 0.1) is 11.3 Å². The molecular weight excluding hydrogens is 414 g/mol. The van der Waals surface area contributed by atoms with Crippen molar-refractivity contribution in [1.29, 1.82) is 0 Å². The zero-order chi connectivity index (χ0) is 22.6. The molecule has 2 fully saturated rings. The predicted molar refractivity (Wildman–Crippen MR) is 125 cm³/mol. The molecule has 0 unspecified atom stereocenters. The number of aliphatic hydroxyl groups is 1. The molecule has 5 nitrogen and oxygen atoms in total. The third kappa shape index (κ3) is 2.07. The smallest absolute Gasteiger partial charge is 0.166 e. The Hall–Kier alpha value is -2.34. The molecule has 1 N–H and O–H groups in total. The van der Waals surface area contributed by atoms with Gasteiger partial charge in [0.05, 0.1) is 18.6 Å². The molecule has 33 heavy (non-hydrogen) atoms. The van der Waals surface area contributed by atoms with E-state index in [9.17, 15) is 5.11 Å². The van der Waals surface area contributed by atoms with Gasteiger partial charge in [0, 0.05) is 30.0 Å². The van der Waals surface area contributed by atoms with E-state index in [-0.39, 0.29) is 22.9 Å². The second-order valence-electron chi connectivity index (χ2n) is 10.6. The quantitative estimate of drug-likeness (QED) is 0.728. The molecule has 0 aromatic heterocycles. The summed E-state index contributed by atoms with van der Waals surface area (Å²) >= 11 is 0. The van der Waals surface area contributed by atoms with Crippen LogP contribution >= 0.6 is 0 Å². The summed E-state index contributed by atoms with van der Waals surface area (Å²) in [5.74, 6) is 1.59. The fourth-order valence-electron chi connectivity index (χ4n) is 8.50. The molecule has 5 heteroatoms. The summed E-state index contributed by atoms with van der Waals surface area (Å²) < 4.78 is 19.2. The van der Waals surface area contributed by atoms with Crippen molar-refractivity contribution < 1.29 is 19.3 Å². The molecule has 8 rings (SSSR count). The van der Waals surface area contributed by atoms with E-state index in [1.165, 1.54) is 11.1 Å². The number of ether oxygens (including phenoxy) is 3. The molecule has 4 aliphatic carbocycles. The number of benzene rings is 2. The Morgan fingerprint density at radius 3 is 2.70 bits per heavy atom. The molecule has 6 aliphatic rings. The Morgan fingerprint density at radius 2 is 1.94 bits per heavy atom. The maximum absolute atomic E-state index is 11.7. The first-order valence-electron chi connectivity index (χ1n) is 12.1. The van der Waals surface area contributed by atoms with Crippen LogP contribution in [0.2, 0.25) is 0 Å². The minimum Gasteiger partial charge on any atom is -0.493 e. The Balaban J connectivity index is 1.49. The van der Waals surface area contributed by atoms with Crippen LogP contribution in [0.15, 0.2) is 54.6 Å². The molecule has 0 radical (unpaired) electrons. The average molecular weight is 446 g/mol. The Morgan fingerprint density at radius 1 is 1.12 bits per heavy atom. The maximum atomic E-state index is 11.7. The van der Waals surface area contributed by atoms with Crippen LogP contribution in [0.4, 0.5) is 0 Å². The molecule has 172 valence electrons. The van der Waals surface area contributed by atoms with Crippen molar-refractivity contribution in [2.24, 2.45) is 11.3 Å². The van der Waals surface area contributed by atoms with Gasteiger partial charge >= 0.3 is 0 Å². The van der Waals surface area contributed by atoms with Gasteiger partial charge < -0.3 is 24.2 Å². The van der Waals surface area contributed by atoms with Crippen LogP contribution in [-0.4, -0.2) is 55.6 Å². The molecule has 2 spiro atoms. The topological polar surface area (TPSA) is 51.2 Å². The first-order valence-corrected chi connectivity index (χ1v) is 12.1. The summed E-state index contributed by atoms with van der Waals surface area (Å²) in [7, 11) is 5.76. The number of fused-ring (bicyclic) bond motifs is 1. The molecule has 2 aromatic rings. The van der Waals surface area contributed by atoms with Crippen molar-refractivity contribution in [1.82, 2.24) is 4.90 Å². The van der Waals surface area contributed by atoms with Crippen molar-refractivity contribution >= 4 is 0 Å². The van der Waals surface area contributed by atoms with Gasteiger partial charge in [0.2, 0.25) is 0 Å². The summed E-state index contributed by atoms with van der Waals surface area (Å²) in [6, 6.07) is 14.7. The largest absolute Gasteiger partial charge is 0.493 e. The van der Waals surface area contributed by atoms with Gasteiger partial charge in [0.1, 0.15) is 11.7 Å². The zero-order valence-corrected chi connectivity index (χ0v) is 19.5. The maximum Gasteiger partial charge on any atom is 0.166 e. The van der Waals surface area contributed by atoms with Crippen LogP contribution in [0.3, 0.4) is 0 Å². The first-order chi connectivity index (χ1) is 16.0. The number of nitrogens with zero attached hydrogens (tertiary/aromatic N) is 1. The van der Waals surface area contributed by atoms with Gasteiger partial charge in [-0.05, 0) is 50.0 Å². The third-order valence-corrected chi connectivity index (χ3v) is 9.85. The van der Waals surface area contributed by atoms with Crippen LogP contribution in [0.5, 0.6) is 11.5 Å². The highest BCUT2D eigenvalue weighted by molar-refractivity contribution is 5.65. The molecular formula is C28H31NO4. The lowest BCUT2D eigenvalue weighted by atomic mass is 9.36. The number of likely N-dealkylation sites (N-methyl/N-ethyl adjacent to an activating group) is 1. The lowest BCUT2D eigenvalue weighted by molar-refractivity contribution is -0.231. The summed E-state index contributed by atoms with van der Waals surface area (Å²) in [5, 5.41) is 11.7. The van der Waals surface area contributed by atoms with Crippen molar-refractivity contribution in [3.63, 3.8) is 0 Å². The summed E-state index contributed by atoms with van der Waals surface area (Å²) in [6.45, 7) is 1.03. The average Bonchev–Trinajstić information content (AvgIpc) is 3.23. The fraction of sp³-hybridized carbons (Fsp3) is 0.500. The second-order valence-corrected chi connectivity index (χ2v) is 10.6. The summed E-state index contributed by atoms with van der Waals surface area (Å²) in [4.78, 5) is 2.54. The Bertz CT molecular complexity index is 1160. The van der Waals surface area contributed by atoms with Gasteiger partial charge in [-0.25, -0.2) is 0 Å². The van der Waals surface area contributed by atoms with Crippen molar-refractivity contribution in [3.8, 4) is 11.5 Å². The summed E-state index contributed by atoms with van der Waals surface area (Å²) in [5.41, 5.74) is 2.66. The standard InChI is InChI=1S/C28H31NO4/c1-29-14-13-27-22-18-9-10-20(31-2)24(22)33-25(27)28(32-3)12-11-26(27,21(29)15-18)16-19(28)23(30)17-7-5-4-6-8-17/h4-12,19,21,23,25,30H,13-16H2,1-3H3/t19-,21-,23+,25-,26-,27+,28-/m1/s1. The number of hydrogen-bond donors (Lipinski definition) is 1. The number of hydrogen-bond acceptors (Lipinski definition) is 5. The van der Waals surface area contributed by atoms with Crippen molar-refractivity contribution in [3.05, 3.63) is 71.3 Å². The molecule has 7 atom stereocenters. The second kappa shape index (κ2) is 6.41. The highest BCUT2D eigenvalue weighted by Crippen LogP contribution is 2.75. The molecule has 2 aliphatic heterocycles. The van der Waals surface area contributed by atoms with Gasteiger partial charge in [-0.1, -0.05) is 48.6 Å². The van der Waals surface area contributed by atoms with E-state index < -0.39 is 11.7 Å². The van der Waals surface area contributed by atoms with E-state index in [1.807, 2.05) is 30.3 Å².